The van der Waals surface area contributed by atoms with E-state index in [0.29, 0.717) is 12.0 Å². The molecule has 4 rings (SSSR count). The molecule has 2 heterocycles. The first kappa shape index (κ1) is 15.1. The van der Waals surface area contributed by atoms with Gasteiger partial charge in [-0.2, -0.15) is 0 Å². The molecule has 2 aromatic carbocycles. The van der Waals surface area contributed by atoms with Crippen LogP contribution in [0.5, 0.6) is 0 Å². The van der Waals surface area contributed by atoms with Crippen molar-refractivity contribution in [2.45, 2.75) is 36.8 Å². The quantitative estimate of drug-likeness (QED) is 0.752. The van der Waals surface area contributed by atoms with E-state index < -0.39 is 0 Å². The normalized spacial score (nSPS) is 26.1. The van der Waals surface area contributed by atoms with Crippen LogP contribution in [-0.2, 0) is 4.74 Å². The van der Waals surface area contributed by atoms with E-state index in [0.717, 1.165) is 13.0 Å². The molecule has 2 aliphatic heterocycles. The standard InChI is InChI=1S/C20H23NOS/c1-13-5-10-18-17(12-13)20-16(4-3-11-22-20)19(21-18)14-6-8-15(23-2)9-7-14/h5-10,12,16,19-21H,3-4,11H2,1-2H3/t16-,19-,20-/m0/s1. The molecule has 0 saturated carbocycles. The number of rotatable bonds is 2. The van der Waals surface area contributed by atoms with E-state index in [9.17, 15) is 0 Å². The van der Waals surface area contributed by atoms with Gasteiger partial charge >= 0.3 is 0 Å². The summed E-state index contributed by atoms with van der Waals surface area (Å²) < 4.78 is 6.22. The van der Waals surface area contributed by atoms with Crippen molar-refractivity contribution in [2.75, 3.05) is 18.2 Å². The number of aryl methyl sites for hydroxylation is 1. The second-order valence-electron chi connectivity index (χ2n) is 6.58. The molecule has 0 unspecified atom stereocenters. The van der Waals surface area contributed by atoms with Gasteiger partial charge in [-0.25, -0.2) is 0 Å². The molecule has 0 aromatic heterocycles. The molecule has 0 spiro atoms. The topological polar surface area (TPSA) is 21.3 Å². The Bertz CT molecular complexity index is 697. The Labute approximate surface area is 142 Å². The lowest BCUT2D eigenvalue weighted by molar-refractivity contribution is -0.0381. The van der Waals surface area contributed by atoms with Crippen molar-refractivity contribution in [2.24, 2.45) is 5.92 Å². The molecule has 2 nitrogen and oxygen atoms in total. The van der Waals surface area contributed by atoms with Crippen LogP contribution < -0.4 is 5.32 Å². The van der Waals surface area contributed by atoms with Crippen LogP contribution in [0.3, 0.4) is 0 Å². The van der Waals surface area contributed by atoms with Crippen molar-refractivity contribution in [3.05, 3.63) is 59.2 Å². The lowest BCUT2D eigenvalue weighted by Gasteiger charge is -2.43. The van der Waals surface area contributed by atoms with Gasteiger partial charge in [0, 0.05) is 28.7 Å². The molecular formula is C20H23NOS. The minimum atomic E-state index is 0.227. The number of hydrogen-bond acceptors (Lipinski definition) is 3. The van der Waals surface area contributed by atoms with Gasteiger partial charge in [-0.05, 0) is 49.8 Å². The van der Waals surface area contributed by atoms with Crippen LogP contribution in [0.4, 0.5) is 5.69 Å². The first-order valence-electron chi connectivity index (χ1n) is 8.39. The first-order valence-corrected chi connectivity index (χ1v) is 9.61. The third-order valence-electron chi connectivity index (χ3n) is 5.10. The maximum absolute atomic E-state index is 6.22. The van der Waals surface area contributed by atoms with Crippen molar-refractivity contribution in [1.29, 1.82) is 0 Å². The largest absolute Gasteiger partial charge is 0.378 e. The molecule has 3 heteroatoms. The zero-order valence-electron chi connectivity index (χ0n) is 13.7. The van der Waals surface area contributed by atoms with Gasteiger partial charge in [-0.1, -0.05) is 29.8 Å². The Balaban J connectivity index is 1.73. The molecule has 1 saturated heterocycles. The molecule has 3 atom stereocenters. The van der Waals surface area contributed by atoms with Crippen molar-refractivity contribution in [1.82, 2.24) is 0 Å². The van der Waals surface area contributed by atoms with E-state index in [2.05, 4.69) is 61.0 Å². The predicted octanol–water partition coefficient (Wildman–Crippen LogP) is 5.35. The van der Waals surface area contributed by atoms with Gasteiger partial charge < -0.3 is 10.1 Å². The minimum Gasteiger partial charge on any atom is -0.378 e. The average Bonchev–Trinajstić information content (AvgIpc) is 2.61. The molecule has 1 fully saturated rings. The second kappa shape index (κ2) is 6.21. The zero-order valence-corrected chi connectivity index (χ0v) is 14.5. The van der Waals surface area contributed by atoms with Gasteiger partial charge in [0.25, 0.3) is 0 Å². The lowest BCUT2D eigenvalue weighted by atomic mass is 9.77. The summed E-state index contributed by atoms with van der Waals surface area (Å²) in [5, 5.41) is 3.79. The summed E-state index contributed by atoms with van der Waals surface area (Å²) in [5.41, 5.74) is 5.25. The fraction of sp³-hybridized carbons (Fsp3) is 0.400. The Kier molecular flexibility index (Phi) is 4.08. The van der Waals surface area contributed by atoms with Crippen LogP contribution in [0, 0.1) is 12.8 Å². The SMILES string of the molecule is CSc1ccc([C@@H]2Nc3ccc(C)cc3[C@H]3OCCC[C@H]32)cc1. The zero-order chi connectivity index (χ0) is 15.8. The van der Waals surface area contributed by atoms with E-state index >= 15 is 0 Å². The van der Waals surface area contributed by atoms with E-state index in [-0.39, 0.29) is 6.10 Å². The van der Waals surface area contributed by atoms with Crippen LogP contribution in [0.2, 0.25) is 0 Å². The number of benzene rings is 2. The lowest BCUT2D eigenvalue weighted by Crippen LogP contribution is -2.36. The number of nitrogens with one attached hydrogen (secondary N) is 1. The van der Waals surface area contributed by atoms with E-state index in [1.54, 1.807) is 11.8 Å². The van der Waals surface area contributed by atoms with Gasteiger partial charge in [0.15, 0.2) is 0 Å². The number of hydrogen-bond donors (Lipinski definition) is 1. The number of anilines is 1. The summed E-state index contributed by atoms with van der Waals surface area (Å²) in [7, 11) is 0. The molecule has 0 bridgehead atoms. The van der Waals surface area contributed by atoms with Crippen LogP contribution in [0.1, 0.15) is 41.7 Å². The van der Waals surface area contributed by atoms with Crippen LogP contribution in [0.15, 0.2) is 47.4 Å². The van der Waals surface area contributed by atoms with Gasteiger partial charge in [-0.3, -0.25) is 0 Å². The minimum absolute atomic E-state index is 0.227. The second-order valence-corrected chi connectivity index (χ2v) is 7.46. The fourth-order valence-electron chi connectivity index (χ4n) is 3.93. The Morgan fingerprint density at radius 2 is 1.96 bits per heavy atom. The third-order valence-corrected chi connectivity index (χ3v) is 5.84. The molecule has 0 aliphatic carbocycles. The smallest absolute Gasteiger partial charge is 0.0895 e. The summed E-state index contributed by atoms with van der Waals surface area (Å²) >= 11 is 1.79. The van der Waals surface area contributed by atoms with Crippen molar-refractivity contribution >= 4 is 17.4 Å². The fourth-order valence-corrected chi connectivity index (χ4v) is 4.34. The van der Waals surface area contributed by atoms with Gasteiger partial charge in [-0.15, -0.1) is 11.8 Å². The molecule has 0 radical (unpaired) electrons. The monoisotopic (exact) mass is 325 g/mol. The highest BCUT2D eigenvalue weighted by Gasteiger charge is 2.39. The number of fused-ring (bicyclic) bond motifs is 3. The predicted molar refractivity (Wildman–Crippen MR) is 97.2 cm³/mol. The van der Waals surface area contributed by atoms with Crippen molar-refractivity contribution in [3.8, 4) is 0 Å². The highest BCUT2D eigenvalue weighted by molar-refractivity contribution is 7.98. The van der Waals surface area contributed by atoms with Crippen LogP contribution in [0.25, 0.3) is 0 Å². The third kappa shape index (κ3) is 2.77. The Morgan fingerprint density at radius 1 is 1.13 bits per heavy atom. The molecule has 2 aliphatic rings. The average molecular weight is 325 g/mol. The summed E-state index contributed by atoms with van der Waals surface area (Å²) in [5.74, 6) is 0.512. The number of thioether (sulfide) groups is 1. The Hall–Kier alpha value is -1.45. The highest BCUT2D eigenvalue weighted by atomic mass is 32.2. The summed E-state index contributed by atoms with van der Waals surface area (Å²) in [4.78, 5) is 1.32. The highest BCUT2D eigenvalue weighted by Crippen LogP contribution is 2.49. The van der Waals surface area contributed by atoms with Gasteiger partial charge in [0.2, 0.25) is 0 Å². The Morgan fingerprint density at radius 3 is 2.74 bits per heavy atom. The molecule has 120 valence electrons. The molecule has 0 amide bonds. The van der Waals surface area contributed by atoms with Crippen molar-refractivity contribution in [3.63, 3.8) is 0 Å². The van der Waals surface area contributed by atoms with E-state index in [1.807, 2.05) is 0 Å². The van der Waals surface area contributed by atoms with Gasteiger partial charge in [0.05, 0.1) is 12.1 Å². The number of ether oxygens (including phenoxy) is 1. The van der Waals surface area contributed by atoms with Crippen molar-refractivity contribution < 1.29 is 4.74 Å². The van der Waals surface area contributed by atoms with E-state index in [4.69, 9.17) is 4.74 Å². The molecule has 23 heavy (non-hydrogen) atoms. The maximum Gasteiger partial charge on any atom is 0.0895 e. The molecule has 1 N–H and O–H groups in total. The van der Waals surface area contributed by atoms with E-state index in [1.165, 1.54) is 33.7 Å². The molecule has 2 aromatic rings. The summed E-state index contributed by atoms with van der Waals surface area (Å²) in [6.45, 7) is 3.04. The summed E-state index contributed by atoms with van der Waals surface area (Å²) in [6.07, 6.45) is 4.73. The first-order chi connectivity index (χ1) is 11.3. The summed E-state index contributed by atoms with van der Waals surface area (Å²) in [6, 6.07) is 16.0. The molecular weight excluding hydrogens is 302 g/mol. The van der Waals surface area contributed by atoms with Gasteiger partial charge in [0.1, 0.15) is 0 Å². The van der Waals surface area contributed by atoms with Crippen LogP contribution in [-0.4, -0.2) is 12.9 Å². The van der Waals surface area contributed by atoms with Crippen LogP contribution >= 0.6 is 11.8 Å². The maximum atomic E-state index is 6.22.